The molecule has 1 saturated carbocycles. The van der Waals surface area contributed by atoms with E-state index in [1.807, 2.05) is 13.0 Å². The molecule has 1 rings (SSSR count). The molecule has 1 fully saturated rings. The number of nitrogens with zero attached hydrogens (tertiary/aromatic N) is 1. The minimum absolute atomic E-state index is 0.156. The van der Waals surface area contributed by atoms with Crippen molar-refractivity contribution in [3.05, 3.63) is 0 Å². The van der Waals surface area contributed by atoms with E-state index in [2.05, 4.69) is 5.32 Å². The number of nitrogens with one attached hydrogen (secondary N) is 1. The fourth-order valence-corrected chi connectivity index (χ4v) is 1.96. The Hall–Kier alpha value is -1.08. The van der Waals surface area contributed by atoms with Gasteiger partial charge in [-0.3, -0.25) is 4.79 Å². The van der Waals surface area contributed by atoms with Gasteiger partial charge >= 0.3 is 0 Å². The summed E-state index contributed by atoms with van der Waals surface area (Å²) in [6, 6.07) is 2.04. The molecule has 0 saturated heterocycles. The van der Waals surface area contributed by atoms with Crippen LogP contribution in [0, 0.1) is 22.7 Å². The fraction of sp³-hybridized carbons (Fsp3) is 0.833. The molecule has 3 atom stereocenters. The molecular weight excluding hydrogens is 204 g/mol. The molecule has 4 nitrogen and oxygen atoms in total. The molecule has 90 valence electrons. The van der Waals surface area contributed by atoms with Gasteiger partial charge in [-0.15, -0.1) is 0 Å². The largest absolute Gasteiger partial charge is 0.393 e. The van der Waals surface area contributed by atoms with Crippen LogP contribution in [0.5, 0.6) is 0 Å². The lowest BCUT2D eigenvalue weighted by molar-refractivity contribution is -0.127. The zero-order valence-electron chi connectivity index (χ0n) is 9.99. The van der Waals surface area contributed by atoms with Crippen molar-refractivity contribution in [2.24, 2.45) is 11.3 Å². The highest BCUT2D eigenvalue weighted by Gasteiger charge is 2.32. The summed E-state index contributed by atoms with van der Waals surface area (Å²) in [5.41, 5.74) is -0.941. The first kappa shape index (κ1) is 13.0. The van der Waals surface area contributed by atoms with Gasteiger partial charge in [0.05, 0.1) is 12.2 Å². The second-order valence-corrected chi connectivity index (χ2v) is 4.77. The van der Waals surface area contributed by atoms with Gasteiger partial charge in [0.15, 0.2) is 0 Å². The van der Waals surface area contributed by atoms with E-state index < -0.39 is 5.41 Å². The van der Waals surface area contributed by atoms with Crippen molar-refractivity contribution >= 4 is 5.91 Å². The topological polar surface area (TPSA) is 73.1 Å². The molecule has 0 heterocycles. The highest BCUT2D eigenvalue weighted by atomic mass is 16.3. The summed E-state index contributed by atoms with van der Waals surface area (Å²) in [5, 5.41) is 21.3. The molecule has 0 bridgehead atoms. The van der Waals surface area contributed by atoms with Gasteiger partial charge in [-0.1, -0.05) is 13.3 Å². The van der Waals surface area contributed by atoms with Crippen molar-refractivity contribution in [1.29, 1.82) is 5.26 Å². The van der Waals surface area contributed by atoms with E-state index >= 15 is 0 Å². The van der Waals surface area contributed by atoms with Crippen LogP contribution in [0.15, 0.2) is 0 Å². The lowest BCUT2D eigenvalue weighted by Crippen LogP contribution is -2.41. The van der Waals surface area contributed by atoms with Crippen molar-refractivity contribution in [2.75, 3.05) is 6.54 Å². The summed E-state index contributed by atoms with van der Waals surface area (Å²) in [6.07, 6.45) is 3.00. The zero-order chi connectivity index (χ0) is 12.2. The van der Waals surface area contributed by atoms with E-state index in [0.29, 0.717) is 13.0 Å². The smallest absolute Gasteiger partial charge is 0.240 e. The van der Waals surface area contributed by atoms with Crippen LogP contribution in [0.1, 0.15) is 39.5 Å². The van der Waals surface area contributed by atoms with Gasteiger partial charge < -0.3 is 10.4 Å². The van der Waals surface area contributed by atoms with E-state index in [1.165, 1.54) is 0 Å². The quantitative estimate of drug-likeness (QED) is 0.753. The molecule has 0 aromatic heterocycles. The van der Waals surface area contributed by atoms with E-state index in [-0.39, 0.29) is 17.9 Å². The number of aliphatic hydroxyl groups is 1. The second kappa shape index (κ2) is 5.31. The average Bonchev–Trinajstić information content (AvgIpc) is 2.70. The fourth-order valence-electron chi connectivity index (χ4n) is 1.96. The highest BCUT2D eigenvalue weighted by Crippen LogP contribution is 2.25. The van der Waals surface area contributed by atoms with Crippen molar-refractivity contribution in [1.82, 2.24) is 5.32 Å². The van der Waals surface area contributed by atoms with Gasteiger partial charge in [0.1, 0.15) is 5.41 Å². The molecule has 0 aromatic rings. The van der Waals surface area contributed by atoms with E-state index in [0.717, 1.165) is 19.3 Å². The normalized spacial score (nSPS) is 28.1. The number of aliphatic hydroxyl groups excluding tert-OH is 1. The van der Waals surface area contributed by atoms with Crippen LogP contribution >= 0.6 is 0 Å². The first-order valence-corrected chi connectivity index (χ1v) is 5.91. The third kappa shape index (κ3) is 2.73. The van der Waals surface area contributed by atoms with E-state index in [1.54, 1.807) is 6.92 Å². The first-order chi connectivity index (χ1) is 7.53. The molecule has 0 aliphatic heterocycles. The standard InChI is InChI=1S/C12H20N2O2/c1-3-12(2,8-13)11(16)14-7-9-5-4-6-10(9)15/h9-10,15H,3-7H2,1-2H3,(H,14,16). The predicted octanol–water partition coefficient (Wildman–Crippen LogP) is 1.20. The molecule has 0 spiro atoms. The number of hydrogen-bond acceptors (Lipinski definition) is 3. The molecule has 1 amide bonds. The second-order valence-electron chi connectivity index (χ2n) is 4.77. The van der Waals surface area contributed by atoms with Crippen molar-refractivity contribution in [3.63, 3.8) is 0 Å². The molecule has 2 N–H and O–H groups in total. The number of amides is 1. The summed E-state index contributed by atoms with van der Waals surface area (Å²) in [4.78, 5) is 11.8. The molecule has 4 heteroatoms. The Labute approximate surface area is 96.6 Å². The van der Waals surface area contributed by atoms with Crippen LogP contribution in [-0.2, 0) is 4.79 Å². The van der Waals surface area contributed by atoms with Gasteiger partial charge in [0.2, 0.25) is 5.91 Å². The summed E-state index contributed by atoms with van der Waals surface area (Å²) < 4.78 is 0. The summed E-state index contributed by atoms with van der Waals surface area (Å²) >= 11 is 0. The van der Waals surface area contributed by atoms with Gasteiger partial charge in [-0.2, -0.15) is 5.26 Å². The van der Waals surface area contributed by atoms with Crippen LogP contribution < -0.4 is 5.32 Å². The Morgan fingerprint density at radius 3 is 2.75 bits per heavy atom. The van der Waals surface area contributed by atoms with Crippen molar-refractivity contribution in [2.45, 2.75) is 45.6 Å². The van der Waals surface area contributed by atoms with Gasteiger partial charge in [-0.05, 0) is 26.2 Å². The van der Waals surface area contributed by atoms with Gasteiger partial charge in [0.25, 0.3) is 0 Å². The molecule has 0 aromatic carbocycles. The Morgan fingerprint density at radius 1 is 1.62 bits per heavy atom. The van der Waals surface area contributed by atoms with E-state index in [4.69, 9.17) is 5.26 Å². The Kier molecular flexibility index (Phi) is 4.31. The number of hydrogen-bond donors (Lipinski definition) is 2. The summed E-state index contributed by atoms with van der Waals surface area (Å²) in [5.74, 6) is -0.0691. The predicted molar refractivity (Wildman–Crippen MR) is 60.4 cm³/mol. The number of nitriles is 1. The maximum absolute atomic E-state index is 11.8. The van der Waals surface area contributed by atoms with Crippen LogP contribution in [0.3, 0.4) is 0 Å². The molecule has 16 heavy (non-hydrogen) atoms. The van der Waals surface area contributed by atoms with Crippen molar-refractivity contribution in [3.8, 4) is 6.07 Å². The van der Waals surface area contributed by atoms with Crippen molar-refractivity contribution < 1.29 is 9.90 Å². The van der Waals surface area contributed by atoms with Crippen LogP contribution in [0.2, 0.25) is 0 Å². The Bertz CT molecular complexity index is 298. The van der Waals surface area contributed by atoms with E-state index in [9.17, 15) is 9.90 Å². The summed E-state index contributed by atoms with van der Waals surface area (Å²) in [6.45, 7) is 3.96. The highest BCUT2D eigenvalue weighted by molar-refractivity contribution is 5.84. The lowest BCUT2D eigenvalue weighted by atomic mass is 9.88. The number of carbonyl (C=O) groups excluding carboxylic acids is 1. The Morgan fingerprint density at radius 2 is 2.31 bits per heavy atom. The molecule has 1 aliphatic rings. The number of carbonyl (C=O) groups is 1. The Balaban J connectivity index is 2.44. The maximum atomic E-state index is 11.8. The first-order valence-electron chi connectivity index (χ1n) is 5.91. The van der Waals surface area contributed by atoms with Gasteiger partial charge in [-0.25, -0.2) is 0 Å². The minimum Gasteiger partial charge on any atom is -0.393 e. The third-order valence-electron chi connectivity index (χ3n) is 3.60. The van der Waals surface area contributed by atoms with Crippen LogP contribution in [0.25, 0.3) is 0 Å². The van der Waals surface area contributed by atoms with Gasteiger partial charge in [0, 0.05) is 12.5 Å². The molecular formula is C12H20N2O2. The maximum Gasteiger partial charge on any atom is 0.240 e. The zero-order valence-corrected chi connectivity index (χ0v) is 9.99. The number of rotatable bonds is 4. The average molecular weight is 224 g/mol. The molecule has 0 radical (unpaired) electrons. The minimum atomic E-state index is -0.941. The SMILES string of the molecule is CCC(C)(C#N)C(=O)NCC1CCCC1O. The summed E-state index contributed by atoms with van der Waals surface area (Å²) in [7, 11) is 0. The third-order valence-corrected chi connectivity index (χ3v) is 3.60. The monoisotopic (exact) mass is 224 g/mol. The molecule has 3 unspecified atom stereocenters. The van der Waals surface area contributed by atoms with Crippen LogP contribution in [0.4, 0.5) is 0 Å². The lowest BCUT2D eigenvalue weighted by Gasteiger charge is -2.21. The van der Waals surface area contributed by atoms with Crippen LogP contribution in [-0.4, -0.2) is 23.7 Å². The molecule has 1 aliphatic carbocycles.